The first-order valence-electron chi connectivity index (χ1n) is 3.08. The third-order valence-corrected chi connectivity index (χ3v) is 1.30. The average molecular weight is 165 g/mol. The Bertz CT molecular complexity index is 116. The van der Waals surface area contributed by atoms with Crippen LogP contribution in [0, 0.1) is 0 Å². The Kier molecular flexibility index (Phi) is 4.19. The zero-order valence-corrected chi connectivity index (χ0v) is 7.35. The lowest BCUT2D eigenvalue weighted by molar-refractivity contribution is 0.184. The molecule has 0 aromatic carbocycles. The molecule has 0 aliphatic carbocycles. The maximum absolute atomic E-state index is 11.0. The average Bonchev–Trinajstić information content (AvgIpc) is 1.87. The Balaban J connectivity index is 3.71. The summed E-state index contributed by atoms with van der Waals surface area (Å²) >= 11 is 5.43. The predicted molar refractivity (Wildman–Crippen MR) is 42.4 cm³/mol. The Morgan fingerprint density at radius 2 is 1.90 bits per heavy atom. The Labute approximate surface area is 66.5 Å². The second-order valence-corrected chi connectivity index (χ2v) is 2.67. The quantitative estimate of drug-likeness (QED) is 0.555. The van der Waals surface area contributed by atoms with Crippen LogP contribution in [-0.4, -0.2) is 49.4 Å². The van der Waals surface area contributed by atoms with E-state index in [1.165, 1.54) is 4.90 Å². The number of halogens is 1. The van der Waals surface area contributed by atoms with Gasteiger partial charge in [0.15, 0.2) is 0 Å². The highest BCUT2D eigenvalue weighted by Gasteiger charge is 2.07. The van der Waals surface area contributed by atoms with Crippen molar-refractivity contribution in [3.63, 3.8) is 0 Å². The van der Waals surface area contributed by atoms with Crippen LogP contribution in [0.4, 0.5) is 4.79 Å². The van der Waals surface area contributed by atoms with Crippen LogP contribution in [0.3, 0.4) is 0 Å². The normalized spacial score (nSPS) is 9.20. The maximum Gasteiger partial charge on any atom is 0.319 e. The number of amides is 2. The van der Waals surface area contributed by atoms with Gasteiger partial charge in [0.1, 0.15) is 0 Å². The Morgan fingerprint density at radius 1 is 1.40 bits per heavy atom. The van der Waals surface area contributed by atoms with Crippen molar-refractivity contribution in [1.29, 1.82) is 0 Å². The lowest BCUT2D eigenvalue weighted by Gasteiger charge is -2.20. The fraction of sp³-hybridized carbons (Fsp3) is 0.833. The predicted octanol–water partition coefficient (Wildman–Crippen LogP) is 0.839. The number of rotatable bonds is 2. The molecule has 0 rings (SSSR count). The third kappa shape index (κ3) is 2.92. The number of hydrogen-bond acceptors (Lipinski definition) is 1. The molecule has 0 aliphatic heterocycles. The number of nitrogens with zero attached hydrogens (tertiary/aromatic N) is 2. The van der Waals surface area contributed by atoms with Crippen molar-refractivity contribution in [1.82, 2.24) is 9.80 Å². The first-order valence-corrected chi connectivity index (χ1v) is 3.61. The highest BCUT2D eigenvalue weighted by atomic mass is 35.5. The van der Waals surface area contributed by atoms with E-state index in [1.807, 2.05) is 0 Å². The van der Waals surface area contributed by atoms with Gasteiger partial charge in [-0.25, -0.2) is 4.79 Å². The van der Waals surface area contributed by atoms with E-state index in [0.29, 0.717) is 12.4 Å². The standard InChI is InChI=1S/C6H13ClN2O/c1-8(2)6(10)9(3)5-4-7/h4-5H2,1-3H3. The van der Waals surface area contributed by atoms with Crippen LogP contribution in [0.25, 0.3) is 0 Å². The summed E-state index contributed by atoms with van der Waals surface area (Å²) < 4.78 is 0. The summed E-state index contributed by atoms with van der Waals surface area (Å²) in [6.07, 6.45) is 0. The summed E-state index contributed by atoms with van der Waals surface area (Å²) in [5.74, 6) is 0.482. The first kappa shape index (κ1) is 9.56. The van der Waals surface area contributed by atoms with E-state index in [0.717, 1.165) is 0 Å². The second kappa shape index (κ2) is 4.39. The van der Waals surface area contributed by atoms with Gasteiger partial charge in [-0.3, -0.25) is 0 Å². The molecule has 2 amide bonds. The third-order valence-electron chi connectivity index (χ3n) is 1.13. The van der Waals surface area contributed by atoms with Crippen molar-refractivity contribution in [3.8, 4) is 0 Å². The van der Waals surface area contributed by atoms with Crippen molar-refractivity contribution in [2.75, 3.05) is 33.6 Å². The minimum Gasteiger partial charge on any atom is -0.331 e. The second-order valence-electron chi connectivity index (χ2n) is 2.29. The van der Waals surface area contributed by atoms with Gasteiger partial charge in [0.05, 0.1) is 0 Å². The SMILES string of the molecule is CN(C)C(=O)N(C)CCCl. The minimum absolute atomic E-state index is 0.0133. The Hall–Kier alpha value is -0.440. The Morgan fingerprint density at radius 3 is 2.20 bits per heavy atom. The molecule has 0 fully saturated rings. The number of carbonyl (C=O) groups is 1. The number of urea groups is 1. The largest absolute Gasteiger partial charge is 0.331 e. The van der Waals surface area contributed by atoms with E-state index in [-0.39, 0.29) is 6.03 Å². The number of hydrogen-bond donors (Lipinski definition) is 0. The molecule has 0 N–H and O–H groups in total. The van der Waals surface area contributed by atoms with E-state index in [9.17, 15) is 4.79 Å². The maximum atomic E-state index is 11.0. The van der Waals surface area contributed by atoms with E-state index in [1.54, 1.807) is 26.0 Å². The molecule has 0 atom stereocenters. The topological polar surface area (TPSA) is 23.6 Å². The zero-order valence-electron chi connectivity index (χ0n) is 6.59. The van der Waals surface area contributed by atoms with Crippen molar-refractivity contribution < 1.29 is 4.79 Å². The minimum atomic E-state index is -0.0133. The van der Waals surface area contributed by atoms with E-state index >= 15 is 0 Å². The van der Waals surface area contributed by atoms with Crippen molar-refractivity contribution >= 4 is 17.6 Å². The molecule has 0 aromatic heterocycles. The van der Waals surface area contributed by atoms with Gasteiger partial charge < -0.3 is 9.80 Å². The van der Waals surface area contributed by atoms with Gasteiger partial charge in [-0.2, -0.15) is 0 Å². The van der Waals surface area contributed by atoms with Gasteiger partial charge in [0, 0.05) is 33.6 Å². The molecule has 4 heteroatoms. The summed E-state index contributed by atoms with van der Waals surface area (Å²) in [7, 11) is 5.16. The zero-order chi connectivity index (χ0) is 8.15. The highest BCUT2D eigenvalue weighted by molar-refractivity contribution is 6.18. The summed E-state index contributed by atoms with van der Waals surface area (Å²) in [6.45, 7) is 0.596. The summed E-state index contributed by atoms with van der Waals surface area (Å²) in [6, 6.07) is -0.0133. The van der Waals surface area contributed by atoms with Crippen LogP contribution < -0.4 is 0 Å². The smallest absolute Gasteiger partial charge is 0.319 e. The fourth-order valence-corrected chi connectivity index (χ4v) is 0.817. The lowest BCUT2D eigenvalue weighted by Crippen LogP contribution is -2.37. The molecule has 0 saturated carbocycles. The monoisotopic (exact) mass is 164 g/mol. The molecule has 0 unspecified atom stereocenters. The van der Waals surface area contributed by atoms with Gasteiger partial charge in [-0.1, -0.05) is 0 Å². The van der Waals surface area contributed by atoms with Crippen molar-refractivity contribution in [2.45, 2.75) is 0 Å². The molecule has 0 aromatic rings. The summed E-state index contributed by atoms with van der Waals surface area (Å²) in [5, 5.41) is 0. The number of carbonyl (C=O) groups excluding carboxylic acids is 1. The van der Waals surface area contributed by atoms with Crippen LogP contribution in [-0.2, 0) is 0 Å². The van der Waals surface area contributed by atoms with Crippen LogP contribution in [0.15, 0.2) is 0 Å². The van der Waals surface area contributed by atoms with E-state index < -0.39 is 0 Å². The number of alkyl halides is 1. The summed E-state index contributed by atoms with van der Waals surface area (Å²) in [5.41, 5.74) is 0. The lowest BCUT2D eigenvalue weighted by atomic mass is 10.6. The van der Waals surface area contributed by atoms with Crippen molar-refractivity contribution in [3.05, 3.63) is 0 Å². The molecule has 0 radical (unpaired) electrons. The van der Waals surface area contributed by atoms with Gasteiger partial charge >= 0.3 is 6.03 Å². The van der Waals surface area contributed by atoms with Crippen LogP contribution >= 0.6 is 11.6 Å². The van der Waals surface area contributed by atoms with Crippen LogP contribution in [0.5, 0.6) is 0 Å². The molecule has 0 saturated heterocycles. The summed E-state index contributed by atoms with van der Waals surface area (Å²) in [4.78, 5) is 14.1. The van der Waals surface area contributed by atoms with Gasteiger partial charge in [-0.15, -0.1) is 11.6 Å². The van der Waals surface area contributed by atoms with Gasteiger partial charge in [0.2, 0.25) is 0 Å². The van der Waals surface area contributed by atoms with Crippen LogP contribution in [0.2, 0.25) is 0 Å². The van der Waals surface area contributed by atoms with Gasteiger partial charge in [-0.05, 0) is 0 Å². The molecule has 0 spiro atoms. The van der Waals surface area contributed by atoms with Crippen molar-refractivity contribution in [2.24, 2.45) is 0 Å². The molecule has 3 nitrogen and oxygen atoms in total. The van der Waals surface area contributed by atoms with Gasteiger partial charge in [0.25, 0.3) is 0 Å². The first-order chi connectivity index (χ1) is 4.59. The molecule has 10 heavy (non-hydrogen) atoms. The molecule has 60 valence electrons. The highest BCUT2D eigenvalue weighted by Crippen LogP contribution is 1.90. The van der Waals surface area contributed by atoms with Crippen LogP contribution in [0.1, 0.15) is 0 Å². The fourth-order valence-electron chi connectivity index (χ4n) is 0.564. The molecular weight excluding hydrogens is 152 g/mol. The molecule has 0 aliphatic rings. The molecular formula is C6H13ClN2O. The molecule has 0 heterocycles. The van der Waals surface area contributed by atoms with E-state index in [4.69, 9.17) is 11.6 Å². The van der Waals surface area contributed by atoms with E-state index in [2.05, 4.69) is 0 Å². The molecule has 0 bridgehead atoms.